The van der Waals surface area contributed by atoms with Gasteiger partial charge < -0.3 is 14.2 Å². The van der Waals surface area contributed by atoms with Gasteiger partial charge in [0.25, 0.3) is 0 Å². The summed E-state index contributed by atoms with van der Waals surface area (Å²) in [4.78, 5) is 4.92. The molecule has 11 rings (SSSR count). The molecule has 0 N–H and O–H groups in total. The molecule has 0 amide bonds. The first-order valence-corrected chi connectivity index (χ1v) is 19.0. The van der Waals surface area contributed by atoms with E-state index >= 15 is 0 Å². The molecule has 0 spiro atoms. The van der Waals surface area contributed by atoms with Crippen molar-refractivity contribution >= 4 is 61.1 Å². The third-order valence-electron chi connectivity index (χ3n) is 11.4. The molecule has 1 aliphatic heterocycles. The highest BCUT2D eigenvalue weighted by Gasteiger charge is 2.38. The number of anilines is 5. The lowest BCUT2D eigenvalue weighted by Crippen LogP contribution is -2.28. The zero-order chi connectivity index (χ0) is 36.3. The molecule has 2 unspecified atom stereocenters. The first-order chi connectivity index (χ1) is 27.3. The number of hydrogen-bond acceptors (Lipinski definition) is 3. The number of para-hydroxylation sites is 4. The van der Waals surface area contributed by atoms with Crippen LogP contribution in [0.1, 0.15) is 11.5 Å². The van der Waals surface area contributed by atoms with Crippen LogP contribution in [0, 0.1) is 0 Å². The van der Waals surface area contributed by atoms with Crippen LogP contribution in [0.25, 0.3) is 55.0 Å². The van der Waals surface area contributed by atoms with E-state index in [0.717, 1.165) is 50.1 Å². The Morgan fingerprint density at radius 3 is 1.96 bits per heavy atom. The van der Waals surface area contributed by atoms with Gasteiger partial charge >= 0.3 is 0 Å². The first kappa shape index (κ1) is 31.4. The maximum Gasteiger partial charge on any atom is 0.136 e. The number of rotatable bonds is 6. The maximum atomic E-state index is 6.23. The minimum absolute atomic E-state index is 0.228. The lowest BCUT2D eigenvalue weighted by atomic mass is 9.91. The highest BCUT2D eigenvalue weighted by Crippen LogP contribution is 2.51. The van der Waals surface area contributed by atoms with Crippen LogP contribution < -0.4 is 9.80 Å². The van der Waals surface area contributed by atoms with Gasteiger partial charge in [-0.25, -0.2) is 0 Å². The van der Waals surface area contributed by atoms with E-state index in [1.54, 1.807) is 0 Å². The minimum Gasteiger partial charge on any atom is -0.456 e. The molecule has 8 aromatic carbocycles. The Morgan fingerprint density at radius 2 is 1.09 bits per heavy atom. The second-order valence-electron chi connectivity index (χ2n) is 14.4. The molecule has 0 radical (unpaired) electrons. The molecule has 9 aromatic rings. The molecular formula is C52H36N2O. The van der Waals surface area contributed by atoms with E-state index in [1.165, 1.54) is 38.8 Å². The highest BCUT2D eigenvalue weighted by molar-refractivity contribution is 6.08. The van der Waals surface area contributed by atoms with E-state index in [9.17, 15) is 0 Å². The van der Waals surface area contributed by atoms with E-state index in [1.807, 2.05) is 12.1 Å². The van der Waals surface area contributed by atoms with Crippen LogP contribution >= 0.6 is 0 Å². The summed E-state index contributed by atoms with van der Waals surface area (Å²) >= 11 is 0. The molecular weight excluding hydrogens is 669 g/mol. The van der Waals surface area contributed by atoms with E-state index < -0.39 is 0 Å². The quantitative estimate of drug-likeness (QED) is 0.172. The van der Waals surface area contributed by atoms with Gasteiger partial charge in [0.15, 0.2) is 0 Å². The number of hydrogen-bond donors (Lipinski definition) is 0. The smallest absolute Gasteiger partial charge is 0.136 e. The van der Waals surface area contributed by atoms with Gasteiger partial charge in [0.2, 0.25) is 0 Å². The van der Waals surface area contributed by atoms with Crippen LogP contribution in [0.4, 0.5) is 28.4 Å². The molecule has 260 valence electrons. The zero-order valence-electron chi connectivity index (χ0n) is 30.1. The summed E-state index contributed by atoms with van der Waals surface area (Å²) < 4.78 is 6.23. The second kappa shape index (κ2) is 12.8. The van der Waals surface area contributed by atoms with Crippen LogP contribution in [0.3, 0.4) is 0 Å². The van der Waals surface area contributed by atoms with Crippen molar-refractivity contribution in [2.45, 2.75) is 12.0 Å². The van der Waals surface area contributed by atoms with Crippen molar-refractivity contribution in [2.24, 2.45) is 0 Å². The summed E-state index contributed by atoms with van der Waals surface area (Å²) in [5, 5.41) is 4.69. The standard InChI is InChI=1S/C52H36N2O/c1-2-14-37(15-3-1)53(38-29-26-35(27-30-38)36-28-31-46-45-21-9-13-25-51(45)55-52(46)34-36)50-33-32-40(39-16-4-5-17-41(39)50)42-18-6-10-22-47(42)54-48-23-11-7-19-43(48)44-20-8-12-24-49(44)54/h1-34,43,48H. The molecule has 2 aliphatic rings. The second-order valence-corrected chi connectivity index (χ2v) is 14.4. The van der Waals surface area contributed by atoms with Crippen LogP contribution in [0.15, 0.2) is 211 Å². The van der Waals surface area contributed by atoms with Crippen molar-refractivity contribution in [3.05, 3.63) is 212 Å². The van der Waals surface area contributed by atoms with Crippen LogP contribution in [-0.4, -0.2) is 6.04 Å². The minimum atomic E-state index is 0.228. The van der Waals surface area contributed by atoms with Gasteiger partial charge in [0.1, 0.15) is 11.2 Å². The zero-order valence-corrected chi connectivity index (χ0v) is 30.1. The third kappa shape index (κ3) is 5.12. The average Bonchev–Trinajstić information content (AvgIpc) is 3.80. The van der Waals surface area contributed by atoms with E-state index in [4.69, 9.17) is 4.42 Å². The Balaban J connectivity index is 1.02. The predicted octanol–water partition coefficient (Wildman–Crippen LogP) is 14.3. The molecule has 2 heterocycles. The SMILES string of the molecule is C1=CC2c3ccccc3N(c3ccccc3-c3ccc(N(c4ccccc4)c4ccc(-c5ccc6c(c5)oc5ccccc56)cc4)c4ccccc34)C2C=C1. The van der Waals surface area contributed by atoms with Crippen molar-refractivity contribution in [3.63, 3.8) is 0 Å². The molecule has 55 heavy (non-hydrogen) atoms. The molecule has 2 atom stereocenters. The highest BCUT2D eigenvalue weighted by atomic mass is 16.3. The Bertz CT molecular complexity index is 2950. The number of nitrogens with zero attached hydrogens (tertiary/aromatic N) is 2. The van der Waals surface area contributed by atoms with Gasteiger partial charge in [-0.05, 0) is 88.3 Å². The molecule has 1 aliphatic carbocycles. The molecule has 0 saturated heterocycles. The number of benzene rings is 8. The molecule has 0 fully saturated rings. The van der Waals surface area contributed by atoms with Gasteiger partial charge in [-0.15, -0.1) is 0 Å². The monoisotopic (exact) mass is 704 g/mol. The van der Waals surface area contributed by atoms with E-state index in [-0.39, 0.29) is 6.04 Å². The maximum absolute atomic E-state index is 6.23. The largest absolute Gasteiger partial charge is 0.456 e. The summed E-state index contributed by atoms with van der Waals surface area (Å²) in [5.41, 5.74) is 13.7. The van der Waals surface area contributed by atoms with Gasteiger partial charge in [-0.1, -0.05) is 146 Å². The first-order valence-electron chi connectivity index (χ1n) is 19.0. The van der Waals surface area contributed by atoms with Crippen molar-refractivity contribution in [3.8, 4) is 22.3 Å². The fourth-order valence-corrected chi connectivity index (χ4v) is 8.91. The molecule has 3 nitrogen and oxygen atoms in total. The van der Waals surface area contributed by atoms with Crippen LogP contribution in [0.5, 0.6) is 0 Å². The van der Waals surface area contributed by atoms with Crippen molar-refractivity contribution < 1.29 is 4.42 Å². The summed E-state index contributed by atoms with van der Waals surface area (Å²) in [6.07, 6.45) is 9.08. The Kier molecular flexibility index (Phi) is 7.31. The Morgan fingerprint density at radius 1 is 0.436 bits per heavy atom. The Hall–Kier alpha value is -7.10. The van der Waals surface area contributed by atoms with Crippen molar-refractivity contribution in [2.75, 3.05) is 9.80 Å². The topological polar surface area (TPSA) is 19.6 Å². The summed E-state index contributed by atoms with van der Waals surface area (Å²) in [7, 11) is 0. The fourth-order valence-electron chi connectivity index (χ4n) is 8.91. The van der Waals surface area contributed by atoms with Crippen LogP contribution in [0.2, 0.25) is 0 Å². The van der Waals surface area contributed by atoms with Crippen molar-refractivity contribution in [1.82, 2.24) is 0 Å². The molecule has 1 aromatic heterocycles. The van der Waals surface area contributed by atoms with Crippen LogP contribution in [-0.2, 0) is 0 Å². The van der Waals surface area contributed by atoms with E-state index in [0.29, 0.717) is 5.92 Å². The Labute approximate surface area is 320 Å². The fraction of sp³-hybridized carbons (Fsp3) is 0.0385. The lowest BCUT2D eigenvalue weighted by molar-refractivity contribution is 0.669. The van der Waals surface area contributed by atoms with Gasteiger partial charge in [0, 0.05) is 50.4 Å². The summed E-state index contributed by atoms with van der Waals surface area (Å²) in [6.45, 7) is 0. The van der Waals surface area contributed by atoms with Gasteiger partial charge in [-0.2, -0.15) is 0 Å². The van der Waals surface area contributed by atoms with Gasteiger partial charge in [-0.3, -0.25) is 0 Å². The molecule has 0 saturated carbocycles. The third-order valence-corrected chi connectivity index (χ3v) is 11.4. The number of allylic oxidation sites excluding steroid dienone is 2. The normalized spacial score (nSPS) is 15.8. The predicted molar refractivity (Wildman–Crippen MR) is 230 cm³/mol. The summed E-state index contributed by atoms with van der Waals surface area (Å²) in [6, 6.07) is 65.8. The molecule has 3 heteroatoms. The average molecular weight is 705 g/mol. The van der Waals surface area contributed by atoms with E-state index in [2.05, 4.69) is 204 Å². The van der Waals surface area contributed by atoms with Crippen molar-refractivity contribution in [1.29, 1.82) is 0 Å². The number of fused-ring (bicyclic) bond motifs is 7. The lowest BCUT2D eigenvalue weighted by Gasteiger charge is -2.31. The summed E-state index contributed by atoms with van der Waals surface area (Å²) in [5.74, 6) is 0.326. The molecule has 0 bridgehead atoms. The number of furan rings is 1. The van der Waals surface area contributed by atoms with Gasteiger partial charge in [0.05, 0.1) is 11.7 Å².